The zero-order valence-corrected chi connectivity index (χ0v) is 16.9. The number of fused-ring (bicyclic) bond motifs is 1. The Kier molecular flexibility index (Phi) is 5.84. The van der Waals surface area contributed by atoms with Gasteiger partial charge in [0.05, 0.1) is 11.4 Å². The molecule has 154 valence electrons. The van der Waals surface area contributed by atoms with E-state index in [1.165, 1.54) is 6.33 Å². The molecule has 1 aliphatic rings. The Hall–Kier alpha value is -4.26. The summed E-state index contributed by atoms with van der Waals surface area (Å²) in [4.78, 5) is 26.0. The van der Waals surface area contributed by atoms with Gasteiger partial charge in [-0.1, -0.05) is 55.1 Å². The number of anilines is 2. The molecule has 1 unspecified atom stereocenters. The van der Waals surface area contributed by atoms with Crippen LogP contribution in [0.2, 0.25) is 0 Å². The summed E-state index contributed by atoms with van der Waals surface area (Å²) in [5, 5.41) is 6.02. The highest BCUT2D eigenvalue weighted by Gasteiger charge is 2.26. The summed E-state index contributed by atoms with van der Waals surface area (Å²) in [7, 11) is 0. The van der Waals surface area contributed by atoms with E-state index in [0.29, 0.717) is 28.9 Å². The number of carbonyl (C=O) groups is 1. The number of hydrogen-bond acceptors (Lipinski definition) is 6. The Labute approximate surface area is 180 Å². The Morgan fingerprint density at radius 3 is 2.68 bits per heavy atom. The van der Waals surface area contributed by atoms with Gasteiger partial charge in [0.25, 0.3) is 5.91 Å². The molecule has 0 fully saturated rings. The van der Waals surface area contributed by atoms with Gasteiger partial charge in [-0.05, 0) is 25.1 Å². The third kappa shape index (κ3) is 4.51. The summed E-state index contributed by atoms with van der Waals surface area (Å²) in [5.74, 6) is 1.01. The van der Waals surface area contributed by atoms with Crippen LogP contribution in [0.3, 0.4) is 0 Å². The number of carbonyl (C=O) groups excluding carboxylic acids is 1. The molecule has 1 amide bonds. The van der Waals surface area contributed by atoms with Crippen LogP contribution < -0.4 is 15.4 Å². The number of hydrogen-bond donors (Lipinski definition) is 2. The summed E-state index contributed by atoms with van der Waals surface area (Å²) < 4.78 is 5.65. The van der Waals surface area contributed by atoms with Crippen LogP contribution in [0.25, 0.3) is 0 Å². The lowest BCUT2D eigenvalue weighted by Gasteiger charge is -2.14. The van der Waals surface area contributed by atoms with Gasteiger partial charge < -0.3 is 15.4 Å². The molecule has 0 spiro atoms. The quantitative estimate of drug-likeness (QED) is 0.469. The smallest absolute Gasteiger partial charge is 0.269 e. The van der Waals surface area contributed by atoms with Gasteiger partial charge in [0.1, 0.15) is 17.9 Å². The van der Waals surface area contributed by atoms with Gasteiger partial charge >= 0.3 is 0 Å². The molecule has 1 aliphatic heterocycles. The normalized spacial score (nSPS) is 15.8. The SMILES string of the molecule is C=C/C(=C\C)Oc1cc(NC2N=C(c3ccccc3)c3ccccc3NC2=O)ncn1. The molecule has 0 saturated carbocycles. The molecule has 2 aromatic carbocycles. The van der Waals surface area contributed by atoms with Crippen LogP contribution in [0, 0.1) is 0 Å². The maximum Gasteiger partial charge on any atom is 0.269 e. The van der Waals surface area contributed by atoms with Crippen LogP contribution in [-0.2, 0) is 4.79 Å². The number of amides is 1. The summed E-state index contributed by atoms with van der Waals surface area (Å²) >= 11 is 0. The first-order chi connectivity index (χ1) is 15.2. The topological polar surface area (TPSA) is 88.5 Å². The molecule has 1 atom stereocenters. The third-order valence-corrected chi connectivity index (χ3v) is 4.63. The number of allylic oxidation sites excluding steroid dienone is 2. The fourth-order valence-electron chi connectivity index (χ4n) is 3.13. The van der Waals surface area contributed by atoms with Gasteiger partial charge in [0, 0.05) is 17.2 Å². The van der Waals surface area contributed by atoms with Crippen molar-refractivity contribution in [1.29, 1.82) is 0 Å². The van der Waals surface area contributed by atoms with Gasteiger partial charge in [-0.15, -0.1) is 0 Å². The largest absolute Gasteiger partial charge is 0.439 e. The molecule has 0 saturated heterocycles. The number of para-hydroxylation sites is 1. The monoisotopic (exact) mass is 411 g/mol. The van der Waals surface area contributed by atoms with Crippen LogP contribution in [0.1, 0.15) is 18.1 Å². The summed E-state index contributed by atoms with van der Waals surface area (Å²) in [6.45, 7) is 5.54. The zero-order valence-electron chi connectivity index (χ0n) is 16.9. The van der Waals surface area contributed by atoms with E-state index in [9.17, 15) is 4.79 Å². The molecule has 0 bridgehead atoms. The molecule has 0 aliphatic carbocycles. The first-order valence-electron chi connectivity index (χ1n) is 9.76. The highest BCUT2D eigenvalue weighted by molar-refractivity contribution is 6.19. The molecule has 7 nitrogen and oxygen atoms in total. The number of nitrogens with zero attached hydrogens (tertiary/aromatic N) is 3. The molecule has 4 rings (SSSR count). The average Bonchev–Trinajstić information content (AvgIpc) is 2.94. The molecule has 0 radical (unpaired) electrons. The summed E-state index contributed by atoms with van der Waals surface area (Å²) in [6.07, 6.45) is 3.82. The number of nitrogens with one attached hydrogen (secondary N) is 2. The van der Waals surface area contributed by atoms with Crippen molar-refractivity contribution in [2.24, 2.45) is 4.99 Å². The van der Waals surface area contributed by atoms with E-state index in [0.717, 1.165) is 11.1 Å². The molecule has 1 aromatic heterocycles. The lowest BCUT2D eigenvalue weighted by molar-refractivity contribution is -0.116. The number of aromatic nitrogens is 2. The van der Waals surface area contributed by atoms with Crippen molar-refractivity contribution in [3.05, 3.63) is 103 Å². The minimum atomic E-state index is -0.897. The lowest BCUT2D eigenvalue weighted by atomic mass is 10.0. The maximum atomic E-state index is 12.9. The van der Waals surface area contributed by atoms with Crippen molar-refractivity contribution in [2.45, 2.75) is 13.1 Å². The van der Waals surface area contributed by atoms with Crippen molar-refractivity contribution in [3.8, 4) is 5.88 Å². The Bertz CT molecular complexity index is 1170. The van der Waals surface area contributed by atoms with Crippen LogP contribution in [-0.4, -0.2) is 27.8 Å². The molecule has 3 aromatic rings. The minimum Gasteiger partial charge on any atom is -0.439 e. The highest BCUT2D eigenvalue weighted by Crippen LogP contribution is 2.25. The molecule has 2 N–H and O–H groups in total. The number of ether oxygens (including phenoxy) is 1. The number of benzene rings is 2. The second kappa shape index (κ2) is 9.04. The van der Waals surface area contributed by atoms with Gasteiger partial charge in [0.2, 0.25) is 12.0 Å². The number of benzodiazepines with no additional fused rings is 1. The van der Waals surface area contributed by atoms with Gasteiger partial charge in [-0.2, -0.15) is 0 Å². The standard InChI is InChI=1S/C24H21N5O2/c1-3-17(4-2)31-21-14-20(25-15-26-21)28-23-24(30)27-19-13-9-8-12-18(19)22(29-23)16-10-6-5-7-11-16/h3-15,23H,1H2,2H3,(H,27,30)(H,25,26,28)/b17-4+. The highest BCUT2D eigenvalue weighted by atomic mass is 16.5. The van der Waals surface area contributed by atoms with E-state index >= 15 is 0 Å². The molecule has 7 heteroatoms. The maximum absolute atomic E-state index is 12.9. The summed E-state index contributed by atoms with van der Waals surface area (Å²) in [5.41, 5.74) is 3.17. The third-order valence-electron chi connectivity index (χ3n) is 4.63. The zero-order chi connectivity index (χ0) is 21.6. The van der Waals surface area contributed by atoms with Crippen molar-refractivity contribution in [3.63, 3.8) is 0 Å². The first kappa shape index (κ1) is 20.0. The first-order valence-corrected chi connectivity index (χ1v) is 9.76. The van der Waals surface area contributed by atoms with Gasteiger partial charge in [-0.25, -0.2) is 15.0 Å². The van der Waals surface area contributed by atoms with Gasteiger partial charge in [0.15, 0.2) is 0 Å². The van der Waals surface area contributed by atoms with Crippen molar-refractivity contribution >= 4 is 23.1 Å². The molecular formula is C24H21N5O2. The predicted octanol–water partition coefficient (Wildman–Crippen LogP) is 4.17. The van der Waals surface area contributed by atoms with Crippen LogP contribution >= 0.6 is 0 Å². The average molecular weight is 411 g/mol. The van der Waals surface area contributed by atoms with E-state index < -0.39 is 6.17 Å². The fraction of sp³-hybridized carbons (Fsp3) is 0.0833. The summed E-state index contributed by atoms with van der Waals surface area (Å²) in [6, 6.07) is 19.0. The van der Waals surface area contributed by atoms with E-state index in [2.05, 4.69) is 27.2 Å². The Morgan fingerprint density at radius 2 is 1.90 bits per heavy atom. The van der Waals surface area contributed by atoms with E-state index in [1.54, 1.807) is 18.2 Å². The van der Waals surface area contributed by atoms with Crippen LogP contribution in [0.15, 0.2) is 96.5 Å². The van der Waals surface area contributed by atoms with E-state index in [4.69, 9.17) is 9.73 Å². The Morgan fingerprint density at radius 1 is 1.13 bits per heavy atom. The number of rotatable bonds is 6. The van der Waals surface area contributed by atoms with Gasteiger partial charge in [-0.3, -0.25) is 4.79 Å². The van der Waals surface area contributed by atoms with Crippen LogP contribution in [0.5, 0.6) is 5.88 Å². The predicted molar refractivity (Wildman–Crippen MR) is 121 cm³/mol. The van der Waals surface area contributed by atoms with Crippen LogP contribution in [0.4, 0.5) is 11.5 Å². The minimum absolute atomic E-state index is 0.292. The Balaban J connectivity index is 1.69. The van der Waals surface area contributed by atoms with E-state index in [1.807, 2.05) is 61.5 Å². The van der Waals surface area contributed by atoms with Crippen molar-refractivity contribution < 1.29 is 9.53 Å². The fourth-order valence-corrected chi connectivity index (χ4v) is 3.13. The lowest BCUT2D eigenvalue weighted by Crippen LogP contribution is -2.33. The van der Waals surface area contributed by atoms with Crippen molar-refractivity contribution in [2.75, 3.05) is 10.6 Å². The molecular weight excluding hydrogens is 390 g/mol. The van der Waals surface area contributed by atoms with Crippen molar-refractivity contribution in [1.82, 2.24) is 9.97 Å². The second-order valence-corrected chi connectivity index (χ2v) is 6.66. The molecule has 2 heterocycles. The second-order valence-electron chi connectivity index (χ2n) is 6.66. The number of aliphatic imine (C=N–C) groups is 1. The molecule has 31 heavy (non-hydrogen) atoms. The van der Waals surface area contributed by atoms with E-state index in [-0.39, 0.29) is 5.91 Å².